The molecule has 3 rings (SSSR count). The summed E-state index contributed by atoms with van der Waals surface area (Å²) in [5, 5.41) is 7.42. The van der Waals surface area contributed by atoms with E-state index in [1.54, 1.807) is 5.57 Å². The van der Waals surface area contributed by atoms with Crippen molar-refractivity contribution in [1.29, 1.82) is 0 Å². The predicted molar refractivity (Wildman–Crippen MR) is 76.7 cm³/mol. The molecule has 2 saturated carbocycles. The molecule has 3 unspecified atom stereocenters. The van der Waals surface area contributed by atoms with Crippen molar-refractivity contribution in [1.82, 2.24) is 0 Å². The van der Waals surface area contributed by atoms with Crippen molar-refractivity contribution in [3.05, 3.63) is 11.6 Å². The third-order valence-corrected chi connectivity index (χ3v) is 4.98. The van der Waals surface area contributed by atoms with Gasteiger partial charge in [0, 0.05) is 6.92 Å². The molecule has 0 spiro atoms. The standard InChI is InChI=1S/C14H23N.C2H4O2/c15-9-13-8-12-6-11(7-14(12)13)5-10-3-1-2-4-10;1-2(3)4/h7,10,12-14H,1-6,8-9,15H2;1H3,(H,3,4). The van der Waals surface area contributed by atoms with Crippen LogP contribution >= 0.6 is 0 Å². The molecular weight excluding hydrogens is 238 g/mol. The van der Waals surface area contributed by atoms with Crippen molar-refractivity contribution in [2.75, 3.05) is 6.54 Å². The molecule has 0 bridgehead atoms. The topological polar surface area (TPSA) is 63.3 Å². The van der Waals surface area contributed by atoms with Crippen LogP contribution in [0, 0.1) is 23.7 Å². The maximum absolute atomic E-state index is 9.00. The summed E-state index contributed by atoms with van der Waals surface area (Å²) in [5.41, 5.74) is 7.55. The SMILES string of the molecule is CC(=O)O.NCC1CC2CC(CC3CCCC3)=CC12. The fourth-order valence-corrected chi connectivity index (χ4v) is 4.05. The average molecular weight is 265 g/mol. The Morgan fingerprint density at radius 2 is 2.05 bits per heavy atom. The van der Waals surface area contributed by atoms with Crippen molar-refractivity contribution in [2.24, 2.45) is 29.4 Å². The van der Waals surface area contributed by atoms with Crippen LogP contribution in [0.4, 0.5) is 0 Å². The fourth-order valence-electron chi connectivity index (χ4n) is 4.05. The molecule has 3 heteroatoms. The van der Waals surface area contributed by atoms with Gasteiger partial charge in [0.2, 0.25) is 0 Å². The molecule has 3 nitrogen and oxygen atoms in total. The van der Waals surface area contributed by atoms with E-state index in [1.165, 1.54) is 44.9 Å². The van der Waals surface area contributed by atoms with Crippen LogP contribution < -0.4 is 5.73 Å². The van der Waals surface area contributed by atoms with Gasteiger partial charge >= 0.3 is 0 Å². The Hall–Kier alpha value is -0.830. The van der Waals surface area contributed by atoms with Crippen LogP contribution in [0.2, 0.25) is 0 Å². The molecule has 3 aliphatic rings. The number of aliphatic carboxylic acids is 1. The molecule has 0 aliphatic heterocycles. The second kappa shape index (κ2) is 6.56. The molecular formula is C16H27NO2. The van der Waals surface area contributed by atoms with E-state index >= 15 is 0 Å². The van der Waals surface area contributed by atoms with E-state index in [9.17, 15) is 0 Å². The molecule has 108 valence electrons. The minimum absolute atomic E-state index is 0.830. The zero-order chi connectivity index (χ0) is 13.8. The predicted octanol–water partition coefficient (Wildman–Crippen LogP) is 3.20. The van der Waals surface area contributed by atoms with Gasteiger partial charge in [0.15, 0.2) is 0 Å². The van der Waals surface area contributed by atoms with E-state index in [2.05, 4.69) is 6.08 Å². The number of carboxylic acid groups (broad SMARTS) is 1. The van der Waals surface area contributed by atoms with Crippen LogP contribution in [0.3, 0.4) is 0 Å². The van der Waals surface area contributed by atoms with Gasteiger partial charge in [-0.1, -0.05) is 37.3 Å². The number of fused-ring (bicyclic) bond motifs is 1. The lowest BCUT2D eigenvalue weighted by Gasteiger charge is -2.39. The molecule has 2 fully saturated rings. The van der Waals surface area contributed by atoms with Gasteiger partial charge in [-0.05, 0) is 49.5 Å². The molecule has 19 heavy (non-hydrogen) atoms. The largest absolute Gasteiger partial charge is 0.481 e. The quantitative estimate of drug-likeness (QED) is 0.770. The molecule has 0 aromatic heterocycles. The van der Waals surface area contributed by atoms with Gasteiger partial charge < -0.3 is 10.8 Å². The number of rotatable bonds is 3. The molecule has 0 aromatic rings. The van der Waals surface area contributed by atoms with E-state index in [4.69, 9.17) is 15.6 Å². The van der Waals surface area contributed by atoms with Crippen molar-refractivity contribution < 1.29 is 9.90 Å². The van der Waals surface area contributed by atoms with Crippen LogP contribution in [0.5, 0.6) is 0 Å². The summed E-state index contributed by atoms with van der Waals surface area (Å²) in [5.74, 6) is 2.91. The molecule has 0 saturated heterocycles. The smallest absolute Gasteiger partial charge is 0.300 e. The number of carbonyl (C=O) groups is 1. The van der Waals surface area contributed by atoms with Gasteiger partial charge in [-0.2, -0.15) is 0 Å². The zero-order valence-corrected chi connectivity index (χ0v) is 12.0. The number of hydrogen-bond acceptors (Lipinski definition) is 2. The normalized spacial score (nSPS) is 32.9. The lowest BCUT2D eigenvalue weighted by molar-refractivity contribution is -0.134. The van der Waals surface area contributed by atoms with Gasteiger partial charge in [0.1, 0.15) is 0 Å². The van der Waals surface area contributed by atoms with Crippen LogP contribution in [0.15, 0.2) is 11.6 Å². The van der Waals surface area contributed by atoms with Crippen LogP contribution in [-0.4, -0.2) is 17.6 Å². The number of hydrogen-bond donors (Lipinski definition) is 2. The van der Waals surface area contributed by atoms with Gasteiger partial charge in [0.05, 0.1) is 0 Å². The summed E-state index contributed by atoms with van der Waals surface area (Å²) in [6, 6.07) is 0. The Balaban J connectivity index is 0.000000297. The summed E-state index contributed by atoms with van der Waals surface area (Å²) in [7, 11) is 0. The van der Waals surface area contributed by atoms with Gasteiger partial charge in [-0.3, -0.25) is 4.79 Å². The monoisotopic (exact) mass is 265 g/mol. The second-order valence-corrected chi connectivity index (χ2v) is 6.47. The van der Waals surface area contributed by atoms with Gasteiger partial charge in [-0.15, -0.1) is 0 Å². The van der Waals surface area contributed by atoms with E-state index < -0.39 is 5.97 Å². The summed E-state index contributed by atoms with van der Waals surface area (Å²) < 4.78 is 0. The molecule has 3 N–H and O–H groups in total. The summed E-state index contributed by atoms with van der Waals surface area (Å²) in [6.07, 6.45) is 12.8. The Labute approximate surface area is 116 Å². The molecule has 0 aromatic carbocycles. The molecule has 3 aliphatic carbocycles. The van der Waals surface area contributed by atoms with Crippen molar-refractivity contribution >= 4 is 5.97 Å². The number of nitrogens with two attached hydrogens (primary N) is 1. The highest BCUT2D eigenvalue weighted by atomic mass is 16.4. The van der Waals surface area contributed by atoms with Crippen LogP contribution in [-0.2, 0) is 4.79 Å². The number of carboxylic acids is 1. The Morgan fingerprint density at radius 1 is 1.42 bits per heavy atom. The number of allylic oxidation sites excluding steroid dienone is 2. The maximum Gasteiger partial charge on any atom is 0.300 e. The lowest BCUT2D eigenvalue weighted by Crippen LogP contribution is -2.37. The van der Waals surface area contributed by atoms with E-state index in [0.717, 1.165) is 37.1 Å². The Bertz CT molecular complexity index is 341. The summed E-state index contributed by atoms with van der Waals surface area (Å²) in [4.78, 5) is 9.00. The van der Waals surface area contributed by atoms with Crippen molar-refractivity contribution in [3.8, 4) is 0 Å². The fraction of sp³-hybridized carbons (Fsp3) is 0.812. The van der Waals surface area contributed by atoms with Crippen molar-refractivity contribution in [2.45, 2.75) is 51.9 Å². The first kappa shape index (κ1) is 14.6. The third-order valence-electron chi connectivity index (χ3n) is 4.98. The van der Waals surface area contributed by atoms with Gasteiger partial charge in [-0.25, -0.2) is 0 Å². The lowest BCUT2D eigenvalue weighted by atomic mass is 9.66. The summed E-state index contributed by atoms with van der Waals surface area (Å²) in [6.45, 7) is 1.99. The van der Waals surface area contributed by atoms with Crippen LogP contribution in [0.1, 0.15) is 51.9 Å². The molecule has 0 heterocycles. The molecule has 0 amide bonds. The highest BCUT2D eigenvalue weighted by Crippen LogP contribution is 2.51. The molecule has 0 radical (unpaired) electrons. The van der Waals surface area contributed by atoms with Gasteiger partial charge in [0.25, 0.3) is 5.97 Å². The highest BCUT2D eigenvalue weighted by Gasteiger charge is 2.42. The first-order valence-corrected chi connectivity index (χ1v) is 7.69. The first-order chi connectivity index (χ1) is 9.10. The van der Waals surface area contributed by atoms with E-state index in [-0.39, 0.29) is 0 Å². The minimum atomic E-state index is -0.833. The third kappa shape index (κ3) is 3.82. The second-order valence-electron chi connectivity index (χ2n) is 6.47. The Morgan fingerprint density at radius 3 is 2.63 bits per heavy atom. The van der Waals surface area contributed by atoms with E-state index in [1.807, 2.05) is 0 Å². The Kier molecular flexibility index (Phi) is 5.03. The first-order valence-electron chi connectivity index (χ1n) is 7.69. The van der Waals surface area contributed by atoms with Crippen molar-refractivity contribution in [3.63, 3.8) is 0 Å². The van der Waals surface area contributed by atoms with Crippen LogP contribution in [0.25, 0.3) is 0 Å². The molecule has 3 atom stereocenters. The average Bonchev–Trinajstić information content (AvgIpc) is 2.91. The zero-order valence-electron chi connectivity index (χ0n) is 12.0. The highest BCUT2D eigenvalue weighted by molar-refractivity contribution is 5.62. The summed E-state index contributed by atoms with van der Waals surface area (Å²) >= 11 is 0. The maximum atomic E-state index is 9.00. The van der Waals surface area contributed by atoms with E-state index in [0.29, 0.717) is 0 Å². The minimum Gasteiger partial charge on any atom is -0.481 e.